The van der Waals surface area contributed by atoms with Crippen LogP contribution in [0.4, 0.5) is 18.9 Å². The maximum absolute atomic E-state index is 12.7. The highest BCUT2D eigenvalue weighted by atomic mass is 32.2. The molecule has 0 fully saturated rings. The number of nitrogens with one attached hydrogen (secondary N) is 1. The van der Waals surface area contributed by atoms with Crippen LogP contribution < -0.4 is 5.32 Å². The van der Waals surface area contributed by atoms with Gasteiger partial charge in [0.05, 0.1) is 28.8 Å². The van der Waals surface area contributed by atoms with Crippen molar-refractivity contribution in [3.63, 3.8) is 0 Å². The molecular weight excluding hydrogens is 399 g/mol. The first-order valence-corrected chi connectivity index (χ1v) is 9.98. The number of aryl methyl sites for hydroxylation is 1. The van der Waals surface area contributed by atoms with Gasteiger partial charge in [-0.3, -0.25) is 9.48 Å². The highest BCUT2D eigenvalue weighted by Crippen LogP contribution is 2.29. The maximum Gasteiger partial charge on any atom is 0.435 e. The van der Waals surface area contributed by atoms with E-state index in [-0.39, 0.29) is 34.3 Å². The molecule has 1 aromatic heterocycles. The summed E-state index contributed by atoms with van der Waals surface area (Å²) in [5.74, 6) is -1.89. The molecule has 0 aliphatic heterocycles. The molecule has 28 heavy (non-hydrogen) atoms. The molecule has 2 rings (SSSR count). The summed E-state index contributed by atoms with van der Waals surface area (Å²) in [5.41, 5.74) is -0.905. The number of amides is 1. The second-order valence-electron chi connectivity index (χ2n) is 6.32. The summed E-state index contributed by atoms with van der Waals surface area (Å²) in [6.45, 7) is 4.26. The van der Waals surface area contributed by atoms with Gasteiger partial charge in [0.25, 0.3) is 0 Å². The molecule has 2 N–H and O–H groups in total. The zero-order valence-corrected chi connectivity index (χ0v) is 16.2. The van der Waals surface area contributed by atoms with Gasteiger partial charge in [-0.1, -0.05) is 13.8 Å². The van der Waals surface area contributed by atoms with Gasteiger partial charge in [-0.05, 0) is 31.2 Å². The summed E-state index contributed by atoms with van der Waals surface area (Å²) < 4.78 is 63.2. The third kappa shape index (κ3) is 4.83. The topological polar surface area (TPSA) is 101 Å². The number of carbonyl (C=O) groups is 1. The van der Waals surface area contributed by atoms with Crippen molar-refractivity contribution in [2.24, 2.45) is 5.92 Å². The van der Waals surface area contributed by atoms with E-state index in [1.165, 1.54) is 26.8 Å². The van der Waals surface area contributed by atoms with Crippen LogP contribution in [0.3, 0.4) is 0 Å². The Bertz CT molecular complexity index is 984. The zero-order valence-electron chi connectivity index (χ0n) is 15.4. The standard InChI is InChI=1S/C17H20F3N3O4S/c1-4-28(26,27)12-5-6-14(24)13(8-12)21-16(25)10(2)9-23-11(3)7-15(22-23)17(18,19)20/h5-8,10,24H,4,9H2,1-3H3,(H,21,25). The number of sulfone groups is 1. The Morgan fingerprint density at radius 3 is 2.50 bits per heavy atom. The molecule has 1 atom stereocenters. The fourth-order valence-electron chi connectivity index (χ4n) is 2.41. The minimum absolute atomic E-state index is 0.0616. The van der Waals surface area contributed by atoms with Crippen molar-refractivity contribution >= 4 is 21.4 Å². The van der Waals surface area contributed by atoms with Gasteiger partial charge in [0, 0.05) is 5.69 Å². The summed E-state index contributed by atoms with van der Waals surface area (Å²) in [7, 11) is -3.54. The number of anilines is 1. The van der Waals surface area contributed by atoms with Gasteiger partial charge in [-0.2, -0.15) is 18.3 Å². The smallest absolute Gasteiger partial charge is 0.435 e. The Labute approximate surface area is 160 Å². The number of aromatic hydroxyl groups is 1. The molecule has 0 aliphatic rings. The molecular formula is C17H20F3N3O4S. The van der Waals surface area contributed by atoms with Crippen molar-refractivity contribution in [2.45, 2.75) is 38.4 Å². The second-order valence-corrected chi connectivity index (χ2v) is 8.60. The minimum Gasteiger partial charge on any atom is -0.506 e. The van der Waals surface area contributed by atoms with Gasteiger partial charge in [0.1, 0.15) is 5.75 Å². The van der Waals surface area contributed by atoms with Crippen LogP contribution in [-0.4, -0.2) is 35.0 Å². The van der Waals surface area contributed by atoms with Gasteiger partial charge < -0.3 is 10.4 Å². The number of nitrogens with zero attached hydrogens (tertiary/aromatic N) is 2. The van der Waals surface area contributed by atoms with E-state index in [0.29, 0.717) is 0 Å². The van der Waals surface area contributed by atoms with E-state index in [4.69, 9.17) is 0 Å². The summed E-state index contributed by atoms with van der Waals surface area (Å²) in [4.78, 5) is 12.3. The Hall–Kier alpha value is -2.56. The fraction of sp³-hybridized carbons (Fsp3) is 0.412. The lowest BCUT2D eigenvalue weighted by atomic mass is 10.1. The number of halogens is 3. The van der Waals surface area contributed by atoms with E-state index in [2.05, 4.69) is 10.4 Å². The number of alkyl halides is 3. The summed E-state index contributed by atoms with van der Waals surface area (Å²) in [5, 5.41) is 15.8. The lowest BCUT2D eigenvalue weighted by Crippen LogP contribution is -2.25. The molecule has 0 saturated carbocycles. The van der Waals surface area contributed by atoms with Crippen LogP contribution in [0.25, 0.3) is 0 Å². The number of phenols is 1. The van der Waals surface area contributed by atoms with Gasteiger partial charge in [0.15, 0.2) is 15.5 Å². The number of hydrogen-bond acceptors (Lipinski definition) is 5. The largest absolute Gasteiger partial charge is 0.506 e. The van der Waals surface area contributed by atoms with Crippen molar-refractivity contribution in [3.8, 4) is 5.75 Å². The molecule has 1 aromatic carbocycles. The summed E-state index contributed by atoms with van der Waals surface area (Å²) >= 11 is 0. The van der Waals surface area contributed by atoms with E-state index < -0.39 is 33.5 Å². The van der Waals surface area contributed by atoms with Crippen molar-refractivity contribution in [3.05, 3.63) is 35.7 Å². The van der Waals surface area contributed by atoms with Crippen LogP contribution in [0, 0.1) is 12.8 Å². The number of aromatic nitrogens is 2. The number of benzene rings is 1. The molecule has 11 heteroatoms. The molecule has 0 spiro atoms. The molecule has 1 heterocycles. The first kappa shape index (κ1) is 21.7. The Kier molecular flexibility index (Phi) is 6.07. The second kappa shape index (κ2) is 7.82. The number of rotatable bonds is 6. The Balaban J connectivity index is 2.17. The minimum atomic E-state index is -4.58. The van der Waals surface area contributed by atoms with E-state index >= 15 is 0 Å². The molecule has 1 amide bonds. The third-order valence-corrected chi connectivity index (χ3v) is 5.86. The lowest BCUT2D eigenvalue weighted by molar-refractivity contribution is -0.141. The van der Waals surface area contributed by atoms with E-state index in [1.807, 2.05) is 0 Å². The highest BCUT2D eigenvalue weighted by Gasteiger charge is 2.34. The third-order valence-electron chi connectivity index (χ3n) is 4.13. The quantitative estimate of drug-likeness (QED) is 0.701. The summed E-state index contributed by atoms with van der Waals surface area (Å²) in [6, 6.07) is 4.39. The van der Waals surface area contributed by atoms with E-state index in [1.54, 1.807) is 0 Å². The normalized spacial score (nSPS) is 13.4. The van der Waals surface area contributed by atoms with Crippen molar-refractivity contribution < 1.29 is 31.5 Å². The molecule has 1 unspecified atom stereocenters. The van der Waals surface area contributed by atoms with Crippen molar-refractivity contribution in [1.82, 2.24) is 9.78 Å². The molecule has 0 aliphatic carbocycles. The van der Waals surface area contributed by atoms with E-state index in [0.717, 1.165) is 22.9 Å². The zero-order chi connectivity index (χ0) is 21.3. The molecule has 2 aromatic rings. The average molecular weight is 419 g/mol. The average Bonchev–Trinajstić information content (AvgIpc) is 2.97. The first-order chi connectivity index (χ1) is 12.8. The van der Waals surface area contributed by atoms with Crippen LogP contribution in [0.5, 0.6) is 5.75 Å². The predicted molar refractivity (Wildman–Crippen MR) is 95.6 cm³/mol. The van der Waals surface area contributed by atoms with Crippen LogP contribution in [0.1, 0.15) is 25.2 Å². The fourth-order valence-corrected chi connectivity index (χ4v) is 3.31. The van der Waals surface area contributed by atoms with E-state index in [9.17, 15) is 31.5 Å². The maximum atomic E-state index is 12.7. The SMILES string of the molecule is CCS(=O)(=O)c1ccc(O)c(NC(=O)C(C)Cn2nc(C(F)(F)F)cc2C)c1. The predicted octanol–water partition coefficient (Wildman–Crippen LogP) is 2.98. The van der Waals surface area contributed by atoms with Crippen LogP contribution in [0.15, 0.2) is 29.2 Å². The number of phenolic OH excluding ortho intramolecular Hbond substituents is 1. The number of hydrogen-bond donors (Lipinski definition) is 2. The van der Waals surface area contributed by atoms with Crippen LogP contribution in [-0.2, 0) is 27.4 Å². The van der Waals surface area contributed by atoms with Crippen molar-refractivity contribution in [2.75, 3.05) is 11.1 Å². The van der Waals surface area contributed by atoms with Crippen LogP contribution >= 0.6 is 0 Å². The summed E-state index contributed by atoms with van der Waals surface area (Å²) in [6.07, 6.45) is -4.58. The van der Waals surface area contributed by atoms with Gasteiger partial charge in [-0.15, -0.1) is 0 Å². The Morgan fingerprint density at radius 2 is 1.96 bits per heavy atom. The number of carbonyl (C=O) groups excluding carboxylic acids is 1. The monoisotopic (exact) mass is 419 g/mol. The molecule has 7 nitrogen and oxygen atoms in total. The Morgan fingerprint density at radius 1 is 1.32 bits per heavy atom. The van der Waals surface area contributed by atoms with Gasteiger partial charge >= 0.3 is 6.18 Å². The molecule has 154 valence electrons. The van der Waals surface area contributed by atoms with Crippen LogP contribution in [0.2, 0.25) is 0 Å². The molecule has 0 radical (unpaired) electrons. The van der Waals surface area contributed by atoms with Gasteiger partial charge in [-0.25, -0.2) is 8.42 Å². The lowest BCUT2D eigenvalue weighted by Gasteiger charge is -2.15. The highest BCUT2D eigenvalue weighted by molar-refractivity contribution is 7.91. The first-order valence-electron chi connectivity index (χ1n) is 8.33. The van der Waals surface area contributed by atoms with Gasteiger partial charge in [0.2, 0.25) is 5.91 Å². The molecule has 0 saturated heterocycles. The molecule has 0 bridgehead atoms. The van der Waals surface area contributed by atoms with Crippen molar-refractivity contribution in [1.29, 1.82) is 0 Å².